The van der Waals surface area contributed by atoms with Crippen molar-refractivity contribution in [1.29, 1.82) is 0 Å². The number of allylic oxidation sites excluding steroid dienone is 2. The molecule has 0 N–H and O–H groups in total. The van der Waals surface area contributed by atoms with Crippen LogP contribution in [0.3, 0.4) is 0 Å². The van der Waals surface area contributed by atoms with Crippen LogP contribution in [0, 0.1) is 0 Å². The molecule has 61 heavy (non-hydrogen) atoms. The van der Waals surface area contributed by atoms with E-state index in [1.807, 2.05) is 60.7 Å². The molecule has 0 spiro atoms. The van der Waals surface area contributed by atoms with Gasteiger partial charge in [0.25, 0.3) is 0 Å². The Morgan fingerprint density at radius 3 is 1.72 bits per heavy atom. The monoisotopic (exact) mass is 783 g/mol. The van der Waals surface area contributed by atoms with Crippen molar-refractivity contribution >= 4 is 5.57 Å². The lowest BCUT2D eigenvalue weighted by molar-refractivity contribution is 0.359. The Kier molecular flexibility index (Phi) is 8.60. The average Bonchev–Trinajstić information content (AvgIpc) is 3.62. The van der Waals surface area contributed by atoms with Gasteiger partial charge in [0.15, 0.2) is 40.5 Å². The quantitative estimate of drug-likeness (QED) is 0.144. The molecule has 9 aromatic rings. The molecule has 11 rings (SSSR count). The van der Waals surface area contributed by atoms with Crippen LogP contribution in [-0.2, 0) is 5.41 Å². The molecule has 0 atom stereocenters. The second kappa shape index (κ2) is 14.6. The van der Waals surface area contributed by atoms with Crippen molar-refractivity contribution in [2.45, 2.75) is 5.41 Å². The van der Waals surface area contributed by atoms with Crippen molar-refractivity contribution < 1.29 is 9.47 Å². The van der Waals surface area contributed by atoms with E-state index in [1.54, 1.807) is 6.08 Å². The van der Waals surface area contributed by atoms with Crippen LogP contribution in [-0.4, -0.2) is 15.0 Å². The van der Waals surface area contributed by atoms with E-state index in [-0.39, 0.29) is 0 Å². The Bertz CT molecular complexity index is 3140. The molecule has 2 aliphatic rings. The van der Waals surface area contributed by atoms with Gasteiger partial charge < -0.3 is 9.47 Å². The van der Waals surface area contributed by atoms with Crippen molar-refractivity contribution in [3.8, 4) is 79.2 Å². The third-order valence-corrected chi connectivity index (χ3v) is 11.8. The average molecular weight is 784 g/mol. The summed E-state index contributed by atoms with van der Waals surface area (Å²) in [6.45, 7) is 8.15. The van der Waals surface area contributed by atoms with E-state index < -0.39 is 5.41 Å². The zero-order chi connectivity index (χ0) is 40.9. The first-order valence-corrected chi connectivity index (χ1v) is 20.3. The SMILES string of the molecule is C=CC(=C)c1nc(-c2cccc(-c3ccccc3)c2)nc(-c2ccccc2-c2ccc3c(c2)Oc2cc4c(cc2O3)C(c2ccccc2)(c2ccccc2)c2ccccc2-4)n1. The van der Waals surface area contributed by atoms with Crippen LogP contribution in [0.5, 0.6) is 23.0 Å². The van der Waals surface area contributed by atoms with Crippen molar-refractivity contribution in [2.24, 2.45) is 0 Å². The Morgan fingerprint density at radius 1 is 0.410 bits per heavy atom. The van der Waals surface area contributed by atoms with E-state index in [0.717, 1.165) is 44.5 Å². The lowest BCUT2D eigenvalue weighted by Crippen LogP contribution is -2.28. The number of hydrogen-bond acceptors (Lipinski definition) is 5. The van der Waals surface area contributed by atoms with Gasteiger partial charge in [0.1, 0.15) is 0 Å². The van der Waals surface area contributed by atoms with Crippen LogP contribution < -0.4 is 9.47 Å². The highest BCUT2D eigenvalue weighted by Crippen LogP contribution is 2.60. The Morgan fingerprint density at radius 2 is 0.984 bits per heavy atom. The highest BCUT2D eigenvalue weighted by atomic mass is 16.6. The van der Waals surface area contributed by atoms with Crippen LogP contribution in [0.15, 0.2) is 213 Å². The molecule has 2 heterocycles. The first-order chi connectivity index (χ1) is 30.1. The van der Waals surface area contributed by atoms with E-state index in [9.17, 15) is 0 Å². The maximum atomic E-state index is 6.81. The van der Waals surface area contributed by atoms with Crippen LogP contribution in [0.25, 0.3) is 61.7 Å². The zero-order valence-electron chi connectivity index (χ0n) is 33.1. The van der Waals surface area contributed by atoms with E-state index in [0.29, 0.717) is 46.0 Å². The summed E-state index contributed by atoms with van der Waals surface area (Å²) in [5, 5.41) is 0. The second-order valence-electron chi connectivity index (χ2n) is 15.3. The maximum absolute atomic E-state index is 6.81. The minimum atomic E-state index is -0.543. The Labute approximate surface area is 354 Å². The van der Waals surface area contributed by atoms with Gasteiger partial charge in [-0.05, 0) is 86.0 Å². The van der Waals surface area contributed by atoms with Crippen molar-refractivity contribution in [1.82, 2.24) is 15.0 Å². The fourth-order valence-corrected chi connectivity index (χ4v) is 8.94. The topological polar surface area (TPSA) is 57.1 Å². The van der Waals surface area contributed by atoms with Crippen LogP contribution >= 0.6 is 0 Å². The minimum Gasteiger partial charge on any atom is -0.450 e. The van der Waals surface area contributed by atoms with Gasteiger partial charge in [-0.1, -0.05) is 183 Å². The predicted octanol–water partition coefficient (Wildman–Crippen LogP) is 14.0. The van der Waals surface area contributed by atoms with Gasteiger partial charge in [-0.15, -0.1) is 0 Å². The van der Waals surface area contributed by atoms with Crippen molar-refractivity contribution in [2.75, 3.05) is 0 Å². The van der Waals surface area contributed by atoms with E-state index in [2.05, 4.69) is 147 Å². The molecular formula is C56H37N3O2. The van der Waals surface area contributed by atoms with Gasteiger partial charge in [0, 0.05) is 16.7 Å². The molecule has 0 radical (unpaired) electrons. The third-order valence-electron chi connectivity index (χ3n) is 11.8. The first-order valence-electron chi connectivity index (χ1n) is 20.3. The van der Waals surface area contributed by atoms with Gasteiger partial charge in [-0.3, -0.25) is 0 Å². The number of ether oxygens (including phenoxy) is 2. The van der Waals surface area contributed by atoms with Gasteiger partial charge in [-0.2, -0.15) is 0 Å². The third kappa shape index (κ3) is 5.97. The summed E-state index contributed by atoms with van der Waals surface area (Å²) in [6, 6.07) is 67.3. The Hall–Kier alpha value is -8.15. The summed E-state index contributed by atoms with van der Waals surface area (Å²) in [4.78, 5) is 14.9. The molecule has 8 aromatic carbocycles. The number of benzene rings is 8. The zero-order valence-corrected chi connectivity index (χ0v) is 33.1. The van der Waals surface area contributed by atoms with E-state index in [4.69, 9.17) is 24.4 Å². The molecule has 1 aromatic heterocycles. The molecular weight excluding hydrogens is 747 g/mol. The molecule has 1 aliphatic carbocycles. The molecule has 0 saturated carbocycles. The van der Waals surface area contributed by atoms with Gasteiger partial charge in [0.05, 0.1) is 5.41 Å². The summed E-state index contributed by atoms with van der Waals surface area (Å²) in [5.74, 6) is 4.14. The fraction of sp³-hybridized carbons (Fsp3) is 0.0179. The molecule has 5 heteroatoms. The van der Waals surface area contributed by atoms with Crippen LogP contribution in [0.4, 0.5) is 0 Å². The van der Waals surface area contributed by atoms with Gasteiger partial charge >= 0.3 is 0 Å². The summed E-state index contributed by atoms with van der Waals surface area (Å²) in [5.41, 5.74) is 12.9. The number of rotatable bonds is 8. The molecule has 0 amide bonds. The lowest BCUT2D eigenvalue weighted by Gasteiger charge is -2.34. The van der Waals surface area contributed by atoms with Crippen molar-refractivity contribution in [3.63, 3.8) is 0 Å². The Balaban J connectivity index is 0.997. The van der Waals surface area contributed by atoms with E-state index >= 15 is 0 Å². The fourth-order valence-electron chi connectivity index (χ4n) is 8.94. The minimum absolute atomic E-state index is 0.464. The first kappa shape index (κ1) is 36.0. The highest BCUT2D eigenvalue weighted by molar-refractivity contribution is 5.89. The van der Waals surface area contributed by atoms with Crippen molar-refractivity contribution in [3.05, 3.63) is 241 Å². The summed E-state index contributed by atoms with van der Waals surface area (Å²) in [6.07, 6.45) is 1.67. The smallest absolute Gasteiger partial charge is 0.170 e. The van der Waals surface area contributed by atoms with Crippen LogP contribution in [0.2, 0.25) is 0 Å². The molecule has 0 saturated heterocycles. The standard InChI is InChI=1S/C56H37N3O2/c1-3-36(2)53-57-54(40-21-17-20-38(32-40)37-18-7-4-8-19-37)59-55(58-53)45-28-14-13-26-43(45)39-30-31-49-50(33-39)61-51-34-46-44-27-15-16-29-47(44)56(41-22-9-5-10-23-41,42-24-11-6-12-25-42)48(46)35-52(51)60-49/h3-35H,1-2H2. The highest BCUT2D eigenvalue weighted by Gasteiger charge is 2.47. The molecule has 288 valence electrons. The number of nitrogens with zero attached hydrogens (tertiary/aromatic N) is 3. The largest absolute Gasteiger partial charge is 0.450 e. The summed E-state index contributed by atoms with van der Waals surface area (Å²) >= 11 is 0. The van der Waals surface area contributed by atoms with E-state index in [1.165, 1.54) is 22.3 Å². The normalized spacial score (nSPS) is 12.8. The molecule has 0 fully saturated rings. The van der Waals surface area contributed by atoms with Crippen LogP contribution in [0.1, 0.15) is 28.1 Å². The number of aromatic nitrogens is 3. The van der Waals surface area contributed by atoms with Gasteiger partial charge in [0.2, 0.25) is 0 Å². The summed E-state index contributed by atoms with van der Waals surface area (Å²) < 4.78 is 13.6. The lowest BCUT2D eigenvalue weighted by atomic mass is 9.67. The second-order valence-corrected chi connectivity index (χ2v) is 15.3. The predicted molar refractivity (Wildman–Crippen MR) is 245 cm³/mol. The maximum Gasteiger partial charge on any atom is 0.170 e. The molecule has 1 aliphatic heterocycles. The summed E-state index contributed by atoms with van der Waals surface area (Å²) in [7, 11) is 0. The molecule has 5 nitrogen and oxygen atoms in total. The number of hydrogen-bond donors (Lipinski definition) is 0. The molecule has 0 unspecified atom stereocenters. The van der Waals surface area contributed by atoms with Gasteiger partial charge in [-0.25, -0.2) is 15.0 Å². The number of fused-ring (bicyclic) bond motifs is 5. The molecule has 0 bridgehead atoms.